The highest BCUT2D eigenvalue weighted by atomic mass is 16.7. The van der Waals surface area contributed by atoms with Crippen LogP contribution in [0.15, 0.2) is 48.5 Å². The predicted octanol–water partition coefficient (Wildman–Crippen LogP) is 7.20. The molecule has 0 N–H and O–H groups in total. The molecule has 8 rings (SSSR count). The number of ether oxygens (including phenoxy) is 5. The number of hydrogen-bond donors (Lipinski definition) is 0. The Labute approximate surface area is 229 Å². The van der Waals surface area contributed by atoms with Gasteiger partial charge in [0.05, 0.1) is 32.5 Å². The van der Waals surface area contributed by atoms with Crippen LogP contribution < -0.4 is 9.47 Å². The molecule has 0 amide bonds. The molecule has 208 valence electrons. The third kappa shape index (κ3) is 6.38. The topological polar surface area (TPSA) is 46.2 Å². The van der Waals surface area contributed by atoms with Gasteiger partial charge in [-0.25, -0.2) is 0 Å². The maximum Gasteiger partial charge on any atom is 0.160 e. The maximum absolute atomic E-state index is 5.59. The van der Waals surface area contributed by atoms with E-state index < -0.39 is 0 Å². The van der Waals surface area contributed by atoms with Crippen LogP contribution in [0.5, 0.6) is 11.5 Å². The molecule has 3 saturated heterocycles. The average Bonchev–Trinajstić information content (AvgIpc) is 3.78. The van der Waals surface area contributed by atoms with E-state index in [1.807, 2.05) is 24.3 Å². The second-order valence-electron chi connectivity index (χ2n) is 11.9. The van der Waals surface area contributed by atoms with Gasteiger partial charge in [0, 0.05) is 35.5 Å². The fourth-order valence-electron chi connectivity index (χ4n) is 6.53. The first-order valence-electron chi connectivity index (χ1n) is 14.8. The van der Waals surface area contributed by atoms with Gasteiger partial charge in [-0.15, -0.1) is 0 Å². The number of rotatable bonds is 0. The van der Waals surface area contributed by atoms with Crippen LogP contribution in [0.2, 0.25) is 0 Å². The Bertz CT molecular complexity index is 942. The van der Waals surface area contributed by atoms with Gasteiger partial charge in [-0.3, -0.25) is 0 Å². The van der Waals surface area contributed by atoms with Crippen LogP contribution >= 0.6 is 0 Å². The van der Waals surface area contributed by atoms with E-state index in [1.54, 1.807) is 0 Å². The maximum atomic E-state index is 5.59. The lowest BCUT2D eigenvalue weighted by Crippen LogP contribution is -2.12. The van der Waals surface area contributed by atoms with Crippen LogP contribution in [-0.2, 0) is 14.2 Å². The van der Waals surface area contributed by atoms with E-state index in [0.29, 0.717) is 23.9 Å². The van der Waals surface area contributed by atoms with Crippen LogP contribution in [0.4, 0.5) is 0 Å². The Morgan fingerprint density at radius 2 is 1.16 bits per heavy atom. The molecule has 5 heteroatoms. The molecule has 1 saturated carbocycles. The van der Waals surface area contributed by atoms with Crippen LogP contribution in [0.1, 0.15) is 76.3 Å². The summed E-state index contributed by atoms with van der Waals surface area (Å²) < 4.78 is 27.1. The first-order valence-corrected chi connectivity index (χ1v) is 14.8. The molecule has 0 spiro atoms. The zero-order valence-electron chi connectivity index (χ0n) is 23.6. The minimum Gasteiger partial charge on any atom is -0.493 e. The summed E-state index contributed by atoms with van der Waals surface area (Å²) in [7, 11) is 0. The normalized spacial score (nSPS) is 35.1. The van der Waals surface area contributed by atoms with Crippen molar-refractivity contribution in [3.63, 3.8) is 0 Å². The second kappa shape index (κ2) is 12.8. The molecule has 0 bridgehead atoms. The lowest BCUT2D eigenvalue weighted by atomic mass is 9.95. The molecule has 5 heterocycles. The van der Waals surface area contributed by atoms with Crippen molar-refractivity contribution in [2.75, 3.05) is 33.0 Å². The first-order chi connectivity index (χ1) is 18.5. The molecule has 5 nitrogen and oxygen atoms in total. The van der Waals surface area contributed by atoms with Gasteiger partial charge in [0.2, 0.25) is 0 Å². The quantitative estimate of drug-likeness (QED) is 0.366. The van der Waals surface area contributed by atoms with Gasteiger partial charge in [-0.2, -0.15) is 0 Å². The van der Waals surface area contributed by atoms with E-state index in [2.05, 4.69) is 52.0 Å². The number of hydrogen-bond acceptors (Lipinski definition) is 5. The Morgan fingerprint density at radius 3 is 1.74 bits per heavy atom. The van der Waals surface area contributed by atoms with E-state index in [1.165, 1.54) is 36.8 Å². The number of para-hydroxylation sites is 2. The van der Waals surface area contributed by atoms with Crippen molar-refractivity contribution >= 4 is 0 Å². The molecule has 0 radical (unpaired) electrons. The highest BCUT2D eigenvalue weighted by Crippen LogP contribution is 2.39. The van der Waals surface area contributed by atoms with Gasteiger partial charge in [0.25, 0.3) is 0 Å². The fourth-order valence-corrected chi connectivity index (χ4v) is 6.53. The molecule has 8 unspecified atom stereocenters. The molecular formula is C33H46O5. The highest BCUT2D eigenvalue weighted by molar-refractivity contribution is 5.39. The van der Waals surface area contributed by atoms with Gasteiger partial charge >= 0.3 is 0 Å². The van der Waals surface area contributed by atoms with Crippen LogP contribution in [0.25, 0.3) is 0 Å². The Morgan fingerprint density at radius 1 is 0.579 bits per heavy atom. The summed E-state index contributed by atoms with van der Waals surface area (Å²) in [6, 6.07) is 16.5. The van der Waals surface area contributed by atoms with E-state index in [4.69, 9.17) is 23.7 Å². The third-order valence-corrected chi connectivity index (χ3v) is 9.02. The predicted molar refractivity (Wildman–Crippen MR) is 150 cm³/mol. The van der Waals surface area contributed by atoms with Crippen LogP contribution in [0, 0.1) is 23.7 Å². The van der Waals surface area contributed by atoms with Gasteiger partial charge in [-0.05, 0) is 49.1 Å². The molecule has 1 aliphatic carbocycles. The largest absolute Gasteiger partial charge is 0.493 e. The Balaban J connectivity index is 0.000000103. The van der Waals surface area contributed by atoms with Crippen molar-refractivity contribution in [3.05, 3.63) is 59.7 Å². The third-order valence-electron chi connectivity index (χ3n) is 9.02. The molecule has 8 atom stereocenters. The van der Waals surface area contributed by atoms with Crippen molar-refractivity contribution < 1.29 is 23.7 Å². The molecule has 2 aromatic rings. The molecule has 38 heavy (non-hydrogen) atoms. The Hall–Kier alpha value is -2.08. The van der Waals surface area contributed by atoms with Crippen molar-refractivity contribution in [2.45, 2.75) is 77.6 Å². The van der Waals surface area contributed by atoms with E-state index in [0.717, 1.165) is 62.3 Å². The van der Waals surface area contributed by atoms with Gasteiger partial charge in [0.15, 0.2) is 6.29 Å². The summed E-state index contributed by atoms with van der Waals surface area (Å²) in [6.45, 7) is 13.4. The SMILES string of the molecule is CC1COC2CCCC12.CC1COC2OCCC12.CC1COc2ccccc21.CC1COc2ccccc21. The molecule has 0 aromatic heterocycles. The summed E-state index contributed by atoms with van der Waals surface area (Å²) in [5.74, 6) is 6.47. The molecule has 6 aliphatic rings. The van der Waals surface area contributed by atoms with Gasteiger partial charge in [0.1, 0.15) is 11.5 Å². The zero-order chi connectivity index (χ0) is 26.5. The molecule has 2 aromatic carbocycles. The van der Waals surface area contributed by atoms with E-state index in [9.17, 15) is 0 Å². The summed E-state index contributed by atoms with van der Waals surface area (Å²) in [4.78, 5) is 0. The van der Waals surface area contributed by atoms with Crippen LogP contribution in [-0.4, -0.2) is 45.4 Å². The molecular weight excluding hydrogens is 476 g/mol. The van der Waals surface area contributed by atoms with Gasteiger partial charge in [-0.1, -0.05) is 70.5 Å². The van der Waals surface area contributed by atoms with Crippen molar-refractivity contribution in [3.8, 4) is 11.5 Å². The minimum absolute atomic E-state index is 0.153. The number of benzene rings is 2. The van der Waals surface area contributed by atoms with E-state index >= 15 is 0 Å². The molecule has 5 aliphatic heterocycles. The van der Waals surface area contributed by atoms with Gasteiger partial charge < -0.3 is 23.7 Å². The summed E-state index contributed by atoms with van der Waals surface area (Å²) in [5, 5.41) is 0. The smallest absolute Gasteiger partial charge is 0.160 e. The monoisotopic (exact) mass is 522 g/mol. The van der Waals surface area contributed by atoms with Crippen LogP contribution in [0.3, 0.4) is 0 Å². The summed E-state index contributed by atoms with van der Waals surface area (Å²) >= 11 is 0. The second-order valence-corrected chi connectivity index (χ2v) is 11.9. The lowest BCUT2D eigenvalue weighted by Gasteiger charge is -2.09. The average molecular weight is 523 g/mol. The van der Waals surface area contributed by atoms with Crippen molar-refractivity contribution in [2.24, 2.45) is 23.7 Å². The minimum atomic E-state index is 0.153. The summed E-state index contributed by atoms with van der Waals surface area (Å²) in [6.07, 6.45) is 6.16. The number of fused-ring (bicyclic) bond motifs is 4. The van der Waals surface area contributed by atoms with E-state index in [-0.39, 0.29) is 6.29 Å². The van der Waals surface area contributed by atoms with Crippen molar-refractivity contribution in [1.82, 2.24) is 0 Å². The highest BCUT2D eigenvalue weighted by Gasteiger charge is 2.39. The fraction of sp³-hybridized carbons (Fsp3) is 0.636. The molecule has 4 fully saturated rings. The zero-order valence-corrected chi connectivity index (χ0v) is 23.6. The standard InChI is InChI=1S/2C9H10O.C8H14O.C7H12O2/c2*1-7-6-10-9-5-3-2-4-8(7)9;1-6-5-9-8-4-2-3-7(6)8;1-5-4-9-7-6(5)2-3-8-7/h2*2-5,7H,6H2,1H3;6-8H,2-5H2,1H3;5-7H,2-4H2,1H3. The Kier molecular flexibility index (Phi) is 9.29. The first kappa shape index (κ1) is 27.5. The van der Waals surface area contributed by atoms with Crippen molar-refractivity contribution in [1.29, 1.82) is 0 Å². The lowest BCUT2D eigenvalue weighted by molar-refractivity contribution is -0.0905. The summed E-state index contributed by atoms with van der Waals surface area (Å²) in [5.41, 5.74) is 2.70.